The molecule has 1 aliphatic carbocycles. The average molecular weight is 644 g/mol. The van der Waals surface area contributed by atoms with Crippen molar-refractivity contribution in [2.45, 2.75) is 158 Å². The number of likely N-dealkylation sites (N-methyl/N-ethyl adjacent to an activating group) is 1. The summed E-state index contributed by atoms with van der Waals surface area (Å²) in [5.74, 6) is 0.802. The van der Waals surface area contributed by atoms with Crippen molar-refractivity contribution in [1.29, 1.82) is 0 Å². The number of nitrogens with one attached hydrogen (secondary N) is 2. The molecule has 46 heavy (non-hydrogen) atoms. The van der Waals surface area contributed by atoms with Gasteiger partial charge in [-0.1, -0.05) is 123 Å². The summed E-state index contributed by atoms with van der Waals surface area (Å²) in [5.41, 5.74) is 1.07. The van der Waals surface area contributed by atoms with E-state index in [1.807, 2.05) is 39.1 Å². The molecule has 2 rings (SSSR count). The molecule has 0 saturated heterocycles. The van der Waals surface area contributed by atoms with E-state index in [9.17, 15) is 14.4 Å². The van der Waals surface area contributed by atoms with E-state index in [2.05, 4.69) is 43.3 Å². The van der Waals surface area contributed by atoms with Gasteiger partial charge in [-0.2, -0.15) is 0 Å². The van der Waals surface area contributed by atoms with Crippen molar-refractivity contribution < 1.29 is 19.1 Å². The topological polar surface area (TPSA) is 96.9 Å². The lowest BCUT2D eigenvalue weighted by Crippen LogP contribution is -2.41. The zero-order chi connectivity index (χ0) is 35.2. The van der Waals surface area contributed by atoms with E-state index < -0.39 is 0 Å². The van der Waals surface area contributed by atoms with Gasteiger partial charge in [0.25, 0.3) is 0 Å². The van der Waals surface area contributed by atoms with Gasteiger partial charge in [-0.15, -0.1) is 0 Å². The molecule has 2 N–H and O–H groups in total. The zero-order valence-corrected chi connectivity index (χ0v) is 31.2. The Labute approximate surface area is 282 Å². The fourth-order valence-electron chi connectivity index (χ4n) is 4.12. The number of ether oxygens (including phenoxy) is 1. The van der Waals surface area contributed by atoms with Crippen LogP contribution in [-0.2, 0) is 9.59 Å². The van der Waals surface area contributed by atoms with E-state index in [-0.39, 0.29) is 36.2 Å². The van der Waals surface area contributed by atoms with Gasteiger partial charge < -0.3 is 15.4 Å². The lowest BCUT2D eigenvalue weighted by Gasteiger charge is -2.10. The number of allylic oxidation sites excluding steroid dienone is 2. The predicted molar refractivity (Wildman–Crippen MR) is 197 cm³/mol. The number of carbonyl (C=O) groups is 3. The Morgan fingerprint density at radius 2 is 1.43 bits per heavy atom. The van der Waals surface area contributed by atoms with Crippen molar-refractivity contribution in [3.05, 3.63) is 41.6 Å². The number of aliphatic imine (C=N–C) groups is 1. The minimum Gasteiger partial charge on any atom is -0.491 e. The average Bonchev–Trinajstić information content (AvgIpc) is 3.06. The fraction of sp³-hybridized carbons (Fsp3) is 0.692. The highest BCUT2D eigenvalue weighted by Gasteiger charge is 2.12. The summed E-state index contributed by atoms with van der Waals surface area (Å²) in [5, 5.41) is 5.25. The normalized spacial score (nSPS) is 14.0. The van der Waals surface area contributed by atoms with Crippen LogP contribution < -0.4 is 15.4 Å². The minimum absolute atomic E-state index is 0.0401. The highest BCUT2D eigenvalue weighted by Crippen LogP contribution is 2.18. The Balaban J connectivity index is 0. The maximum atomic E-state index is 12.5. The van der Waals surface area contributed by atoms with Crippen molar-refractivity contribution >= 4 is 23.7 Å². The van der Waals surface area contributed by atoms with Crippen LogP contribution in [0.1, 0.15) is 156 Å². The number of unbranched alkanes of at least 4 members (excludes halogenated alkanes) is 5. The summed E-state index contributed by atoms with van der Waals surface area (Å²) < 4.78 is 5.62. The third kappa shape index (κ3) is 26.4. The first-order valence-corrected chi connectivity index (χ1v) is 17.9. The maximum Gasteiger partial charge on any atom is 0.237 e. The molecule has 0 aromatic heterocycles. The number of rotatable bonds is 16. The van der Waals surface area contributed by atoms with Crippen molar-refractivity contribution in [3.63, 3.8) is 0 Å². The molecule has 7 nitrogen and oxygen atoms in total. The van der Waals surface area contributed by atoms with Crippen LogP contribution in [0.3, 0.4) is 0 Å². The standard InChI is InChI=1S/C18H25NO2.C8H18.C7H14N2O2.C6H12/c1-6-14(5)12-19-17(7-2)18(20)15-9-8-10-16(11-15)21-13(3)4;1-3-5-7-8-6-4-2;1-5(10)4-9-7(11)6(2)8-3;1-2-4-6-5-3-1/h7-14H,6H2,1-5H3;3-8H2,1-2H3;6,8H,4H2,1-3H3,(H,9,11);1-6H2/b17-7-,19-12?;;;. The number of hydrogen-bond acceptors (Lipinski definition) is 6. The molecule has 1 fully saturated rings. The molecule has 1 saturated carbocycles. The summed E-state index contributed by atoms with van der Waals surface area (Å²) in [6, 6.07) is 7.00. The van der Waals surface area contributed by atoms with Crippen LogP contribution in [0, 0.1) is 5.92 Å². The molecular weight excluding hydrogens is 574 g/mol. The summed E-state index contributed by atoms with van der Waals surface area (Å²) in [6.45, 7) is 17.7. The largest absolute Gasteiger partial charge is 0.491 e. The van der Waals surface area contributed by atoms with Gasteiger partial charge in [0.05, 0.1) is 18.7 Å². The summed E-state index contributed by atoms with van der Waals surface area (Å²) in [7, 11) is 1.69. The number of benzene rings is 1. The monoisotopic (exact) mass is 644 g/mol. The van der Waals surface area contributed by atoms with Crippen LogP contribution in [-0.4, -0.2) is 49.4 Å². The van der Waals surface area contributed by atoms with Gasteiger partial charge in [0.15, 0.2) is 0 Å². The molecule has 0 heterocycles. The molecule has 0 spiro atoms. The smallest absolute Gasteiger partial charge is 0.237 e. The molecule has 7 heteroatoms. The van der Waals surface area contributed by atoms with Crippen LogP contribution in [0.15, 0.2) is 41.0 Å². The van der Waals surface area contributed by atoms with E-state index in [4.69, 9.17) is 4.74 Å². The Bertz CT molecular complexity index is 966. The van der Waals surface area contributed by atoms with Crippen LogP contribution in [0.25, 0.3) is 0 Å². The van der Waals surface area contributed by atoms with Gasteiger partial charge in [-0.3, -0.25) is 19.4 Å². The SMILES string of the molecule is C/C=C(\N=CC(C)CC)C(=O)c1cccc(OC(C)C)c1.C1CCCCC1.CCCCCCCC.CNC(C)C(=O)NCC(C)=O. The molecule has 1 aliphatic rings. The summed E-state index contributed by atoms with van der Waals surface area (Å²) in [4.78, 5) is 38.2. The Kier molecular flexibility index (Phi) is 30.4. The third-order valence-corrected chi connectivity index (χ3v) is 7.38. The first kappa shape index (κ1) is 45.3. The van der Waals surface area contributed by atoms with Gasteiger partial charge in [-0.25, -0.2) is 0 Å². The molecule has 264 valence electrons. The number of ketones is 2. The molecule has 0 bridgehead atoms. The van der Waals surface area contributed by atoms with Crippen LogP contribution >= 0.6 is 0 Å². The number of amides is 1. The van der Waals surface area contributed by atoms with Crippen molar-refractivity contribution in [2.24, 2.45) is 10.9 Å². The lowest BCUT2D eigenvalue weighted by molar-refractivity contribution is -0.125. The fourth-order valence-corrected chi connectivity index (χ4v) is 4.12. The second-order valence-corrected chi connectivity index (χ2v) is 12.3. The van der Waals surface area contributed by atoms with E-state index in [1.165, 1.54) is 84.0 Å². The first-order chi connectivity index (χ1) is 22.0. The molecule has 0 aliphatic heterocycles. The Hall–Kier alpha value is -2.80. The third-order valence-electron chi connectivity index (χ3n) is 7.38. The van der Waals surface area contributed by atoms with Gasteiger partial charge in [0.2, 0.25) is 11.7 Å². The highest BCUT2D eigenvalue weighted by molar-refractivity contribution is 6.09. The van der Waals surface area contributed by atoms with E-state index in [0.29, 0.717) is 22.9 Å². The molecule has 1 aromatic rings. The Morgan fingerprint density at radius 1 is 0.891 bits per heavy atom. The van der Waals surface area contributed by atoms with E-state index in [0.717, 1.165) is 6.42 Å². The minimum atomic E-state index is -0.241. The Morgan fingerprint density at radius 3 is 1.85 bits per heavy atom. The van der Waals surface area contributed by atoms with Gasteiger partial charge >= 0.3 is 0 Å². The second kappa shape index (κ2) is 30.8. The van der Waals surface area contributed by atoms with Crippen LogP contribution in [0.2, 0.25) is 0 Å². The summed E-state index contributed by atoms with van der Waals surface area (Å²) in [6.07, 6.45) is 22.2. The van der Waals surface area contributed by atoms with Gasteiger partial charge in [-0.05, 0) is 66.1 Å². The van der Waals surface area contributed by atoms with Crippen molar-refractivity contribution in [2.75, 3.05) is 13.6 Å². The molecule has 0 radical (unpaired) electrons. The number of Topliss-reactive ketones (excluding diaryl/α,β-unsaturated/α-hetero) is 2. The van der Waals surface area contributed by atoms with Crippen LogP contribution in [0.5, 0.6) is 5.75 Å². The van der Waals surface area contributed by atoms with Gasteiger partial charge in [0.1, 0.15) is 17.2 Å². The number of hydrogen-bond donors (Lipinski definition) is 2. The maximum absolute atomic E-state index is 12.5. The first-order valence-electron chi connectivity index (χ1n) is 17.9. The van der Waals surface area contributed by atoms with E-state index in [1.54, 1.807) is 32.2 Å². The lowest BCUT2D eigenvalue weighted by atomic mass is 10.0. The number of carbonyl (C=O) groups excluding carboxylic acids is 3. The molecule has 1 amide bonds. The van der Waals surface area contributed by atoms with Gasteiger partial charge in [0, 0.05) is 11.8 Å². The molecule has 1 aromatic carbocycles. The molecular formula is C39H69N3O4. The van der Waals surface area contributed by atoms with Crippen molar-refractivity contribution in [1.82, 2.24) is 10.6 Å². The van der Waals surface area contributed by atoms with Crippen LogP contribution in [0.4, 0.5) is 0 Å². The zero-order valence-electron chi connectivity index (χ0n) is 31.2. The highest BCUT2D eigenvalue weighted by atomic mass is 16.5. The van der Waals surface area contributed by atoms with Crippen molar-refractivity contribution in [3.8, 4) is 5.75 Å². The second-order valence-electron chi connectivity index (χ2n) is 12.3. The summed E-state index contributed by atoms with van der Waals surface area (Å²) >= 11 is 0. The molecule has 2 unspecified atom stereocenters. The van der Waals surface area contributed by atoms with E-state index >= 15 is 0 Å². The number of nitrogens with zero attached hydrogens (tertiary/aromatic N) is 1. The molecule has 2 atom stereocenters. The predicted octanol–water partition coefficient (Wildman–Crippen LogP) is 9.68. The quantitative estimate of drug-likeness (QED) is 0.0809.